The quantitative estimate of drug-likeness (QED) is 0.585. The van der Waals surface area contributed by atoms with Crippen molar-refractivity contribution in [2.75, 3.05) is 0 Å². The molecule has 1 aromatic carbocycles. The van der Waals surface area contributed by atoms with E-state index in [2.05, 4.69) is 0 Å². The molecule has 0 aliphatic rings. The Morgan fingerprint density at radius 2 is 1.64 bits per heavy atom. The Hall–Kier alpha value is -0.170. The number of hydrogen-bond acceptors (Lipinski definition) is 3. The van der Waals surface area contributed by atoms with E-state index in [1.54, 1.807) is 24.3 Å². The van der Waals surface area contributed by atoms with Crippen LogP contribution in [0, 0.1) is 0 Å². The van der Waals surface area contributed by atoms with Crippen molar-refractivity contribution in [3.05, 3.63) is 41.3 Å². The Kier molecular flexibility index (Phi) is 8.33. The van der Waals surface area contributed by atoms with Gasteiger partial charge in [-0.25, -0.2) is 0 Å². The van der Waals surface area contributed by atoms with E-state index in [9.17, 15) is 8.42 Å². The summed E-state index contributed by atoms with van der Waals surface area (Å²) in [6.07, 6.45) is 1.33. The minimum Gasteiger partial charge on any atom is -0.344 e. The van der Waals surface area contributed by atoms with Crippen LogP contribution in [-0.4, -0.2) is 42.5 Å². The van der Waals surface area contributed by atoms with E-state index < -0.39 is 10.1 Å². The van der Waals surface area contributed by atoms with E-state index in [1.807, 2.05) is 6.07 Å². The van der Waals surface area contributed by atoms with E-state index in [1.165, 1.54) is 6.08 Å². The molecule has 0 spiro atoms. The second-order valence-corrected chi connectivity index (χ2v) is 3.53. The van der Waals surface area contributed by atoms with Gasteiger partial charge in [0, 0.05) is 29.6 Å². The van der Waals surface area contributed by atoms with Crippen molar-refractivity contribution in [3.8, 4) is 0 Å². The van der Waals surface area contributed by atoms with Gasteiger partial charge in [0.2, 0.25) is 0 Å². The van der Waals surface area contributed by atoms with Crippen molar-refractivity contribution in [2.24, 2.45) is 0 Å². The summed E-state index contributed by atoms with van der Waals surface area (Å²) in [5, 5.41) is 0.752. The third kappa shape index (κ3) is 7.25. The van der Waals surface area contributed by atoms with Gasteiger partial charge in [0.05, 0.1) is 5.41 Å². The number of benzene rings is 1. The van der Waals surface area contributed by atoms with Gasteiger partial charge in [-0.05, 0) is 11.6 Å². The molecular weight excluding hydrogens is 213 g/mol. The topological polar surface area (TPSA) is 89.4 Å². The van der Waals surface area contributed by atoms with Gasteiger partial charge < -0.3 is 6.15 Å². The van der Waals surface area contributed by atoms with Gasteiger partial charge in [-0.2, -0.15) is 8.42 Å². The van der Waals surface area contributed by atoms with Gasteiger partial charge in [-0.3, -0.25) is 4.55 Å². The van der Waals surface area contributed by atoms with Crippen LogP contribution in [0.1, 0.15) is 5.56 Å². The molecule has 0 aliphatic carbocycles. The standard InChI is InChI=1S/C8H8O3S.H3N.Na/c9-12(10,11)7-6-8-4-2-1-3-5-8;;/h1-7H,(H,9,10,11);1H3;. The average Bonchev–Trinajstić information content (AvgIpc) is 2.02. The molecular formula is C8H11NNaO3S. The summed E-state index contributed by atoms with van der Waals surface area (Å²) < 4.78 is 28.9. The number of rotatable bonds is 2. The molecule has 1 radical (unpaired) electrons. The van der Waals surface area contributed by atoms with Crippen LogP contribution in [0.15, 0.2) is 35.7 Å². The molecule has 0 amide bonds. The van der Waals surface area contributed by atoms with Crippen molar-refractivity contribution >= 4 is 45.8 Å². The minimum absolute atomic E-state index is 0. The zero-order valence-electron chi connectivity index (χ0n) is 7.92. The van der Waals surface area contributed by atoms with Gasteiger partial charge in [0.15, 0.2) is 0 Å². The van der Waals surface area contributed by atoms with E-state index >= 15 is 0 Å². The molecule has 14 heavy (non-hydrogen) atoms. The zero-order valence-corrected chi connectivity index (χ0v) is 10.7. The van der Waals surface area contributed by atoms with Gasteiger partial charge in [-0.15, -0.1) is 0 Å². The summed E-state index contributed by atoms with van der Waals surface area (Å²) in [6.45, 7) is 0. The van der Waals surface area contributed by atoms with Crippen molar-refractivity contribution in [2.45, 2.75) is 0 Å². The molecule has 1 aromatic rings. The van der Waals surface area contributed by atoms with E-state index in [0.29, 0.717) is 0 Å². The molecule has 73 valence electrons. The van der Waals surface area contributed by atoms with E-state index in [0.717, 1.165) is 11.0 Å². The van der Waals surface area contributed by atoms with E-state index in [-0.39, 0.29) is 35.7 Å². The van der Waals surface area contributed by atoms with Crippen LogP contribution in [-0.2, 0) is 10.1 Å². The molecule has 0 atom stereocenters. The predicted molar refractivity (Wildman–Crippen MR) is 57.8 cm³/mol. The molecule has 0 heterocycles. The van der Waals surface area contributed by atoms with Crippen LogP contribution in [0.3, 0.4) is 0 Å². The molecule has 4 N–H and O–H groups in total. The first-order valence-electron chi connectivity index (χ1n) is 3.28. The largest absolute Gasteiger partial charge is 0.344 e. The zero-order chi connectivity index (χ0) is 9.03. The van der Waals surface area contributed by atoms with E-state index in [4.69, 9.17) is 4.55 Å². The summed E-state index contributed by atoms with van der Waals surface area (Å²) in [6, 6.07) is 8.86. The maximum atomic E-state index is 10.3. The molecule has 0 aliphatic heterocycles. The Balaban J connectivity index is 0. The second kappa shape index (κ2) is 7.17. The van der Waals surface area contributed by atoms with Crippen molar-refractivity contribution in [1.82, 2.24) is 6.15 Å². The average molecular weight is 224 g/mol. The molecule has 1 rings (SSSR count). The Labute approximate surface area is 106 Å². The minimum atomic E-state index is -4.00. The van der Waals surface area contributed by atoms with Gasteiger partial charge >= 0.3 is 0 Å². The van der Waals surface area contributed by atoms with Crippen LogP contribution < -0.4 is 6.15 Å². The fraction of sp³-hybridized carbons (Fsp3) is 0. The van der Waals surface area contributed by atoms with Crippen molar-refractivity contribution in [1.29, 1.82) is 0 Å². The van der Waals surface area contributed by atoms with Gasteiger partial charge in [-0.1, -0.05) is 30.3 Å². The summed E-state index contributed by atoms with van der Waals surface area (Å²) in [7, 11) is -4.00. The van der Waals surface area contributed by atoms with Crippen molar-refractivity contribution < 1.29 is 13.0 Å². The van der Waals surface area contributed by atoms with Crippen LogP contribution in [0.25, 0.3) is 6.08 Å². The molecule has 0 bridgehead atoms. The SMILES string of the molecule is N.O=S(=O)(O)C=Cc1ccccc1.[Na]. The van der Waals surface area contributed by atoms with Crippen LogP contribution in [0.5, 0.6) is 0 Å². The molecule has 0 saturated carbocycles. The van der Waals surface area contributed by atoms with Crippen LogP contribution in [0.2, 0.25) is 0 Å². The van der Waals surface area contributed by atoms with Crippen molar-refractivity contribution in [3.63, 3.8) is 0 Å². The smallest absolute Gasteiger partial charge is 0.287 e. The first-order valence-corrected chi connectivity index (χ1v) is 4.79. The molecule has 0 saturated heterocycles. The normalized spacial score (nSPS) is 10.4. The first kappa shape index (κ1) is 16.3. The Bertz CT molecular complexity index is 375. The monoisotopic (exact) mass is 224 g/mol. The summed E-state index contributed by atoms with van der Waals surface area (Å²) >= 11 is 0. The molecule has 4 nitrogen and oxygen atoms in total. The summed E-state index contributed by atoms with van der Waals surface area (Å²) in [5.41, 5.74) is 0.732. The second-order valence-electron chi connectivity index (χ2n) is 2.23. The third-order valence-corrected chi connectivity index (χ3v) is 1.71. The Morgan fingerprint density at radius 1 is 1.14 bits per heavy atom. The van der Waals surface area contributed by atoms with Crippen LogP contribution >= 0.6 is 0 Å². The summed E-state index contributed by atoms with van der Waals surface area (Å²) in [4.78, 5) is 0. The summed E-state index contributed by atoms with van der Waals surface area (Å²) in [5.74, 6) is 0. The molecule has 0 unspecified atom stereocenters. The maximum Gasteiger partial charge on any atom is 0.287 e. The third-order valence-electron chi connectivity index (χ3n) is 1.23. The fourth-order valence-electron chi connectivity index (χ4n) is 0.729. The van der Waals surface area contributed by atoms with Crippen LogP contribution in [0.4, 0.5) is 0 Å². The Morgan fingerprint density at radius 3 is 2.07 bits per heavy atom. The van der Waals surface area contributed by atoms with Gasteiger partial charge in [0.25, 0.3) is 10.1 Å². The number of hydrogen-bond donors (Lipinski definition) is 2. The fourth-order valence-corrected chi connectivity index (χ4v) is 1.06. The molecule has 0 aromatic heterocycles. The first-order chi connectivity index (χ1) is 5.58. The molecule has 0 fully saturated rings. The van der Waals surface area contributed by atoms with Gasteiger partial charge in [0.1, 0.15) is 0 Å². The predicted octanol–water partition coefficient (Wildman–Crippen LogP) is 1.33. The maximum absolute atomic E-state index is 10.3. The molecule has 6 heteroatoms.